The molecule has 0 N–H and O–H groups in total. The van der Waals surface area contributed by atoms with Gasteiger partial charge < -0.3 is 4.74 Å². The molecule has 2 unspecified atom stereocenters. The van der Waals surface area contributed by atoms with Crippen LogP contribution in [0.25, 0.3) is 0 Å². The molecular formula is C12H22O2. The van der Waals surface area contributed by atoms with Gasteiger partial charge in [0.1, 0.15) is 5.78 Å². The van der Waals surface area contributed by atoms with E-state index in [1.165, 1.54) is 0 Å². The number of ether oxygens (including phenoxy) is 1. The summed E-state index contributed by atoms with van der Waals surface area (Å²) in [6, 6.07) is 0. The Morgan fingerprint density at radius 3 is 2.79 bits per heavy atom. The second-order valence-corrected chi connectivity index (χ2v) is 4.72. The molecule has 0 saturated heterocycles. The number of hydrogen-bond donors (Lipinski definition) is 0. The highest BCUT2D eigenvalue weighted by Gasteiger charge is 2.29. The Morgan fingerprint density at radius 1 is 1.50 bits per heavy atom. The Labute approximate surface area is 87.0 Å². The fourth-order valence-corrected chi connectivity index (χ4v) is 2.29. The first-order valence-corrected chi connectivity index (χ1v) is 5.66. The van der Waals surface area contributed by atoms with Gasteiger partial charge in [-0.15, -0.1) is 0 Å². The SMILES string of the molecule is COCCC1CC(C(C)C)CCC1=O. The second-order valence-electron chi connectivity index (χ2n) is 4.72. The van der Waals surface area contributed by atoms with E-state index in [4.69, 9.17) is 4.74 Å². The smallest absolute Gasteiger partial charge is 0.136 e. The van der Waals surface area contributed by atoms with Gasteiger partial charge in [0.15, 0.2) is 0 Å². The lowest BCUT2D eigenvalue weighted by Gasteiger charge is -2.30. The van der Waals surface area contributed by atoms with Crippen LogP contribution in [-0.2, 0) is 9.53 Å². The predicted octanol–water partition coefficient (Wildman–Crippen LogP) is 2.66. The molecule has 2 atom stereocenters. The summed E-state index contributed by atoms with van der Waals surface area (Å²) in [7, 11) is 1.70. The normalized spacial score (nSPS) is 28.4. The van der Waals surface area contributed by atoms with Crippen LogP contribution in [-0.4, -0.2) is 19.5 Å². The topological polar surface area (TPSA) is 26.3 Å². The van der Waals surface area contributed by atoms with E-state index < -0.39 is 0 Å². The molecule has 0 heterocycles. The molecule has 2 nitrogen and oxygen atoms in total. The molecule has 2 heteroatoms. The molecule has 1 saturated carbocycles. The lowest BCUT2D eigenvalue weighted by molar-refractivity contribution is -0.126. The van der Waals surface area contributed by atoms with Crippen LogP contribution in [0.5, 0.6) is 0 Å². The number of carbonyl (C=O) groups is 1. The van der Waals surface area contributed by atoms with Crippen molar-refractivity contribution < 1.29 is 9.53 Å². The summed E-state index contributed by atoms with van der Waals surface area (Å²) in [4.78, 5) is 11.6. The monoisotopic (exact) mass is 198 g/mol. The molecule has 1 aliphatic carbocycles. The van der Waals surface area contributed by atoms with Crippen LogP contribution in [0, 0.1) is 17.8 Å². The van der Waals surface area contributed by atoms with Crippen LogP contribution in [0.3, 0.4) is 0 Å². The zero-order valence-corrected chi connectivity index (χ0v) is 9.58. The van der Waals surface area contributed by atoms with Gasteiger partial charge in [0.05, 0.1) is 0 Å². The Balaban J connectivity index is 2.42. The number of methoxy groups -OCH3 is 1. The van der Waals surface area contributed by atoms with Gasteiger partial charge in [-0.3, -0.25) is 4.79 Å². The Hall–Kier alpha value is -0.370. The van der Waals surface area contributed by atoms with Crippen molar-refractivity contribution in [1.82, 2.24) is 0 Å². The van der Waals surface area contributed by atoms with Gasteiger partial charge in [0.25, 0.3) is 0 Å². The third-order valence-electron chi connectivity index (χ3n) is 3.42. The molecule has 0 aromatic carbocycles. The molecular weight excluding hydrogens is 176 g/mol. The van der Waals surface area contributed by atoms with Gasteiger partial charge in [-0.05, 0) is 31.1 Å². The first kappa shape index (κ1) is 11.7. The van der Waals surface area contributed by atoms with Crippen molar-refractivity contribution in [1.29, 1.82) is 0 Å². The first-order valence-electron chi connectivity index (χ1n) is 5.66. The summed E-state index contributed by atoms with van der Waals surface area (Å²) < 4.78 is 5.04. The molecule has 0 bridgehead atoms. The van der Waals surface area contributed by atoms with Crippen molar-refractivity contribution in [3.8, 4) is 0 Å². The number of carbonyl (C=O) groups excluding carboxylic acids is 1. The van der Waals surface area contributed by atoms with E-state index in [-0.39, 0.29) is 5.92 Å². The van der Waals surface area contributed by atoms with Crippen LogP contribution >= 0.6 is 0 Å². The average molecular weight is 198 g/mol. The van der Waals surface area contributed by atoms with Gasteiger partial charge in [-0.25, -0.2) is 0 Å². The Kier molecular flexibility index (Phi) is 4.59. The minimum Gasteiger partial charge on any atom is -0.385 e. The molecule has 0 radical (unpaired) electrons. The summed E-state index contributed by atoms with van der Waals surface area (Å²) in [6.07, 6.45) is 3.88. The molecule has 1 fully saturated rings. The highest BCUT2D eigenvalue weighted by Crippen LogP contribution is 2.33. The molecule has 0 amide bonds. The van der Waals surface area contributed by atoms with Gasteiger partial charge in [0, 0.05) is 26.1 Å². The van der Waals surface area contributed by atoms with Gasteiger partial charge >= 0.3 is 0 Å². The highest BCUT2D eigenvalue weighted by atomic mass is 16.5. The molecule has 0 spiro atoms. The van der Waals surface area contributed by atoms with Crippen molar-refractivity contribution in [3.63, 3.8) is 0 Å². The van der Waals surface area contributed by atoms with Crippen molar-refractivity contribution >= 4 is 5.78 Å². The fourth-order valence-electron chi connectivity index (χ4n) is 2.29. The lowest BCUT2D eigenvalue weighted by atomic mass is 9.74. The van der Waals surface area contributed by atoms with Crippen LogP contribution in [0.1, 0.15) is 39.5 Å². The number of rotatable bonds is 4. The Morgan fingerprint density at radius 2 is 2.21 bits per heavy atom. The van der Waals surface area contributed by atoms with E-state index >= 15 is 0 Å². The molecule has 0 aliphatic heterocycles. The summed E-state index contributed by atoms with van der Waals surface area (Å²) in [6.45, 7) is 5.24. The molecule has 1 aliphatic rings. The first-order chi connectivity index (χ1) is 6.65. The van der Waals surface area contributed by atoms with Crippen LogP contribution < -0.4 is 0 Å². The van der Waals surface area contributed by atoms with Crippen molar-refractivity contribution in [2.24, 2.45) is 17.8 Å². The van der Waals surface area contributed by atoms with E-state index in [9.17, 15) is 4.79 Å². The fraction of sp³-hybridized carbons (Fsp3) is 0.917. The zero-order chi connectivity index (χ0) is 10.6. The molecule has 14 heavy (non-hydrogen) atoms. The zero-order valence-electron chi connectivity index (χ0n) is 9.58. The summed E-state index contributed by atoms with van der Waals surface area (Å²) >= 11 is 0. The summed E-state index contributed by atoms with van der Waals surface area (Å²) in [5.74, 6) is 2.19. The lowest BCUT2D eigenvalue weighted by Crippen LogP contribution is -2.28. The minimum atomic E-state index is 0.274. The third-order valence-corrected chi connectivity index (χ3v) is 3.42. The van der Waals surface area contributed by atoms with E-state index in [2.05, 4.69) is 13.8 Å². The van der Waals surface area contributed by atoms with Gasteiger partial charge in [-0.2, -0.15) is 0 Å². The van der Waals surface area contributed by atoms with E-state index in [0.717, 1.165) is 38.2 Å². The van der Waals surface area contributed by atoms with Gasteiger partial charge in [-0.1, -0.05) is 13.8 Å². The standard InChI is InChI=1S/C12H22O2/c1-9(2)10-4-5-12(13)11(8-10)6-7-14-3/h9-11H,4-8H2,1-3H3. The van der Waals surface area contributed by atoms with Crippen LogP contribution in [0.4, 0.5) is 0 Å². The second kappa shape index (κ2) is 5.50. The van der Waals surface area contributed by atoms with Crippen LogP contribution in [0.15, 0.2) is 0 Å². The van der Waals surface area contributed by atoms with Gasteiger partial charge in [0.2, 0.25) is 0 Å². The Bertz CT molecular complexity index is 187. The maximum absolute atomic E-state index is 11.6. The average Bonchev–Trinajstić information content (AvgIpc) is 2.16. The maximum atomic E-state index is 11.6. The molecule has 0 aromatic rings. The van der Waals surface area contributed by atoms with Crippen LogP contribution in [0.2, 0.25) is 0 Å². The van der Waals surface area contributed by atoms with Crippen molar-refractivity contribution in [3.05, 3.63) is 0 Å². The summed E-state index contributed by atoms with van der Waals surface area (Å²) in [5, 5.41) is 0. The molecule has 82 valence electrons. The van der Waals surface area contributed by atoms with E-state index in [1.807, 2.05) is 0 Å². The quantitative estimate of drug-likeness (QED) is 0.694. The predicted molar refractivity (Wildman–Crippen MR) is 57.2 cm³/mol. The molecule has 1 rings (SSSR count). The number of ketones is 1. The number of hydrogen-bond acceptors (Lipinski definition) is 2. The number of Topliss-reactive ketones (excluding diaryl/α,β-unsaturated/α-hetero) is 1. The van der Waals surface area contributed by atoms with Crippen molar-refractivity contribution in [2.75, 3.05) is 13.7 Å². The largest absolute Gasteiger partial charge is 0.385 e. The van der Waals surface area contributed by atoms with E-state index in [1.54, 1.807) is 7.11 Å². The minimum absolute atomic E-state index is 0.274. The maximum Gasteiger partial charge on any atom is 0.136 e. The summed E-state index contributed by atoms with van der Waals surface area (Å²) in [5.41, 5.74) is 0. The molecule has 0 aromatic heterocycles. The third kappa shape index (κ3) is 3.09. The van der Waals surface area contributed by atoms with E-state index in [0.29, 0.717) is 11.7 Å². The highest BCUT2D eigenvalue weighted by molar-refractivity contribution is 5.81. The van der Waals surface area contributed by atoms with Crippen molar-refractivity contribution in [2.45, 2.75) is 39.5 Å².